The van der Waals surface area contributed by atoms with Gasteiger partial charge in [0.05, 0.1) is 0 Å². The number of aryl methyl sites for hydroxylation is 1. The molecule has 1 aromatic rings. The highest BCUT2D eigenvalue weighted by Gasteiger charge is 2.25. The summed E-state index contributed by atoms with van der Waals surface area (Å²) in [4.78, 5) is 0. The molecule has 0 bridgehead atoms. The second-order valence-corrected chi connectivity index (χ2v) is 5.34. The van der Waals surface area contributed by atoms with Crippen LogP contribution >= 0.6 is 0 Å². The van der Waals surface area contributed by atoms with Crippen molar-refractivity contribution in [1.29, 1.82) is 0 Å². The minimum Gasteiger partial charge on any atom is -0.324 e. The summed E-state index contributed by atoms with van der Waals surface area (Å²) in [6, 6.07) is 9.61. The van der Waals surface area contributed by atoms with E-state index < -0.39 is 0 Å². The normalized spacial score (nSPS) is 26.8. The fourth-order valence-corrected chi connectivity index (χ4v) is 2.83. The van der Waals surface area contributed by atoms with Crippen LogP contribution in [0.3, 0.4) is 0 Å². The van der Waals surface area contributed by atoms with Gasteiger partial charge in [-0.25, -0.2) is 0 Å². The standard InChI is InChI=1S/C15H24N2/c1-11-3-5-12(6-4-11)15(16)13-7-9-14(17-2)10-8-13/h3-6,13-15,17H,7-10,16H2,1-2H3. The molecule has 0 aliphatic heterocycles. The molecular weight excluding hydrogens is 208 g/mol. The van der Waals surface area contributed by atoms with Gasteiger partial charge in [0.2, 0.25) is 0 Å². The highest BCUT2D eigenvalue weighted by Crippen LogP contribution is 2.33. The summed E-state index contributed by atoms with van der Waals surface area (Å²) in [6.07, 6.45) is 5.03. The molecule has 0 heterocycles. The molecule has 0 aromatic heterocycles. The second-order valence-electron chi connectivity index (χ2n) is 5.34. The zero-order valence-corrected chi connectivity index (χ0v) is 10.9. The number of hydrogen-bond acceptors (Lipinski definition) is 2. The lowest BCUT2D eigenvalue weighted by atomic mass is 9.79. The Bertz CT molecular complexity index is 336. The van der Waals surface area contributed by atoms with Crippen molar-refractivity contribution in [2.24, 2.45) is 11.7 Å². The molecule has 0 spiro atoms. The van der Waals surface area contributed by atoms with E-state index in [4.69, 9.17) is 5.73 Å². The van der Waals surface area contributed by atoms with E-state index in [0.29, 0.717) is 12.0 Å². The Morgan fingerprint density at radius 3 is 2.24 bits per heavy atom. The van der Waals surface area contributed by atoms with Crippen molar-refractivity contribution in [1.82, 2.24) is 5.32 Å². The summed E-state index contributed by atoms with van der Waals surface area (Å²) in [7, 11) is 2.06. The largest absolute Gasteiger partial charge is 0.324 e. The SMILES string of the molecule is CNC1CCC(C(N)c2ccc(C)cc2)CC1. The molecule has 1 aliphatic carbocycles. The Morgan fingerprint density at radius 2 is 1.71 bits per heavy atom. The molecule has 2 nitrogen and oxygen atoms in total. The van der Waals surface area contributed by atoms with E-state index >= 15 is 0 Å². The van der Waals surface area contributed by atoms with Gasteiger partial charge in [0.1, 0.15) is 0 Å². The topological polar surface area (TPSA) is 38.0 Å². The average molecular weight is 232 g/mol. The van der Waals surface area contributed by atoms with Crippen LogP contribution in [0.15, 0.2) is 24.3 Å². The molecule has 1 atom stereocenters. The van der Waals surface area contributed by atoms with Crippen LogP contribution in [0.2, 0.25) is 0 Å². The van der Waals surface area contributed by atoms with E-state index in [9.17, 15) is 0 Å². The van der Waals surface area contributed by atoms with Gasteiger partial charge in [0.15, 0.2) is 0 Å². The first kappa shape index (κ1) is 12.6. The van der Waals surface area contributed by atoms with Gasteiger partial charge in [-0.05, 0) is 51.1 Å². The van der Waals surface area contributed by atoms with Crippen LogP contribution in [-0.2, 0) is 0 Å². The van der Waals surface area contributed by atoms with Crippen molar-refractivity contribution in [3.05, 3.63) is 35.4 Å². The van der Waals surface area contributed by atoms with Crippen molar-refractivity contribution >= 4 is 0 Å². The van der Waals surface area contributed by atoms with Gasteiger partial charge in [-0.2, -0.15) is 0 Å². The van der Waals surface area contributed by atoms with Gasteiger partial charge in [-0.3, -0.25) is 0 Å². The minimum absolute atomic E-state index is 0.216. The van der Waals surface area contributed by atoms with E-state index in [0.717, 1.165) is 0 Å². The highest BCUT2D eigenvalue weighted by molar-refractivity contribution is 5.24. The van der Waals surface area contributed by atoms with Crippen molar-refractivity contribution < 1.29 is 0 Å². The molecule has 2 heteroatoms. The molecule has 0 radical (unpaired) electrons. The summed E-state index contributed by atoms with van der Waals surface area (Å²) < 4.78 is 0. The van der Waals surface area contributed by atoms with Crippen LogP contribution in [0.5, 0.6) is 0 Å². The van der Waals surface area contributed by atoms with Gasteiger partial charge < -0.3 is 11.1 Å². The van der Waals surface area contributed by atoms with Crippen molar-refractivity contribution in [2.75, 3.05) is 7.05 Å². The molecule has 3 N–H and O–H groups in total. The van der Waals surface area contributed by atoms with Gasteiger partial charge in [0, 0.05) is 12.1 Å². The monoisotopic (exact) mass is 232 g/mol. The molecule has 94 valence electrons. The zero-order chi connectivity index (χ0) is 12.3. The van der Waals surface area contributed by atoms with E-state index in [1.165, 1.54) is 36.8 Å². The molecule has 1 fully saturated rings. The van der Waals surface area contributed by atoms with Gasteiger partial charge in [0.25, 0.3) is 0 Å². The zero-order valence-electron chi connectivity index (χ0n) is 10.9. The van der Waals surface area contributed by atoms with E-state index in [2.05, 4.69) is 43.6 Å². The molecular formula is C15H24N2. The smallest absolute Gasteiger partial charge is 0.0323 e. The Hall–Kier alpha value is -0.860. The lowest BCUT2D eigenvalue weighted by Crippen LogP contribution is -2.33. The Kier molecular flexibility index (Phi) is 4.19. The lowest BCUT2D eigenvalue weighted by molar-refractivity contribution is 0.267. The first-order valence-corrected chi connectivity index (χ1v) is 6.70. The third-order valence-electron chi connectivity index (χ3n) is 4.15. The summed E-state index contributed by atoms with van der Waals surface area (Å²) in [6.45, 7) is 2.12. The molecule has 1 aliphatic rings. The van der Waals surface area contributed by atoms with Crippen LogP contribution in [0, 0.1) is 12.8 Å². The van der Waals surface area contributed by atoms with Crippen LogP contribution in [-0.4, -0.2) is 13.1 Å². The second kappa shape index (κ2) is 5.65. The molecule has 0 saturated heterocycles. The number of hydrogen-bond donors (Lipinski definition) is 2. The third kappa shape index (κ3) is 3.08. The molecule has 0 amide bonds. The maximum Gasteiger partial charge on any atom is 0.0323 e. The van der Waals surface area contributed by atoms with E-state index in [1.807, 2.05) is 0 Å². The Balaban J connectivity index is 1.96. The van der Waals surface area contributed by atoms with E-state index in [-0.39, 0.29) is 6.04 Å². The fraction of sp³-hybridized carbons (Fsp3) is 0.600. The number of nitrogens with two attached hydrogens (primary N) is 1. The van der Waals surface area contributed by atoms with Crippen molar-refractivity contribution in [3.8, 4) is 0 Å². The first-order valence-electron chi connectivity index (χ1n) is 6.70. The number of rotatable bonds is 3. The lowest BCUT2D eigenvalue weighted by Gasteiger charge is -2.32. The van der Waals surface area contributed by atoms with Gasteiger partial charge >= 0.3 is 0 Å². The van der Waals surface area contributed by atoms with Crippen LogP contribution in [0.1, 0.15) is 42.9 Å². The van der Waals surface area contributed by atoms with Crippen LogP contribution in [0.25, 0.3) is 0 Å². The Labute approximate surface area is 105 Å². The number of benzene rings is 1. The summed E-state index contributed by atoms with van der Waals surface area (Å²) >= 11 is 0. The summed E-state index contributed by atoms with van der Waals surface area (Å²) in [5.74, 6) is 0.655. The molecule has 2 rings (SSSR count). The average Bonchev–Trinajstić information content (AvgIpc) is 2.39. The third-order valence-corrected chi connectivity index (χ3v) is 4.15. The van der Waals surface area contributed by atoms with Crippen LogP contribution < -0.4 is 11.1 Å². The maximum atomic E-state index is 6.39. The van der Waals surface area contributed by atoms with Crippen molar-refractivity contribution in [3.63, 3.8) is 0 Å². The van der Waals surface area contributed by atoms with E-state index in [1.54, 1.807) is 0 Å². The minimum atomic E-state index is 0.216. The fourth-order valence-electron chi connectivity index (χ4n) is 2.83. The van der Waals surface area contributed by atoms with Crippen LogP contribution in [0.4, 0.5) is 0 Å². The summed E-state index contributed by atoms with van der Waals surface area (Å²) in [5.41, 5.74) is 8.99. The predicted octanol–water partition coefficient (Wildman–Crippen LogP) is 2.77. The first-order chi connectivity index (χ1) is 8.20. The maximum absolute atomic E-state index is 6.39. The van der Waals surface area contributed by atoms with Gasteiger partial charge in [-0.1, -0.05) is 29.8 Å². The molecule has 1 saturated carbocycles. The molecule has 1 aromatic carbocycles. The van der Waals surface area contributed by atoms with Gasteiger partial charge in [-0.15, -0.1) is 0 Å². The predicted molar refractivity (Wildman–Crippen MR) is 72.9 cm³/mol. The molecule has 1 unspecified atom stereocenters. The highest BCUT2D eigenvalue weighted by atomic mass is 14.9. The van der Waals surface area contributed by atoms with Crippen molar-refractivity contribution in [2.45, 2.75) is 44.7 Å². The number of nitrogens with one attached hydrogen (secondary N) is 1. The Morgan fingerprint density at radius 1 is 1.12 bits per heavy atom. The quantitative estimate of drug-likeness (QED) is 0.841. The molecule has 17 heavy (non-hydrogen) atoms. The summed E-state index contributed by atoms with van der Waals surface area (Å²) in [5, 5.41) is 3.37.